The maximum atomic E-state index is 3.79. The fourth-order valence-electron chi connectivity index (χ4n) is 3.29. The van der Waals surface area contributed by atoms with Crippen LogP contribution in [-0.2, 0) is 6.54 Å². The molecule has 0 saturated heterocycles. The highest BCUT2D eigenvalue weighted by molar-refractivity contribution is 5.51. The minimum absolute atomic E-state index is 0.660. The average Bonchev–Trinajstić information content (AvgIpc) is 2.41. The number of hydrogen-bond acceptors (Lipinski definition) is 2. The smallest absolute Gasteiger partial charge is 0.0388 e. The van der Waals surface area contributed by atoms with Crippen molar-refractivity contribution >= 4 is 5.69 Å². The number of nitrogens with zero attached hydrogens (tertiary/aromatic N) is 1. The van der Waals surface area contributed by atoms with Gasteiger partial charge in [-0.25, -0.2) is 0 Å². The van der Waals surface area contributed by atoms with Crippen molar-refractivity contribution in [3.8, 4) is 0 Å². The van der Waals surface area contributed by atoms with E-state index in [4.69, 9.17) is 0 Å². The molecule has 1 N–H and O–H groups in total. The number of para-hydroxylation sites is 1. The van der Waals surface area contributed by atoms with Gasteiger partial charge in [0.15, 0.2) is 0 Å². The number of anilines is 1. The van der Waals surface area contributed by atoms with Crippen molar-refractivity contribution < 1.29 is 0 Å². The van der Waals surface area contributed by atoms with Crippen molar-refractivity contribution in [1.29, 1.82) is 0 Å². The maximum Gasteiger partial charge on any atom is 0.0388 e. The first-order valence-electron chi connectivity index (χ1n) is 8.05. The molecule has 112 valence electrons. The lowest BCUT2D eigenvalue weighted by atomic mass is 9.79. The van der Waals surface area contributed by atoms with Gasteiger partial charge in [0.2, 0.25) is 0 Å². The normalized spacial score (nSPS) is 23.3. The van der Waals surface area contributed by atoms with Gasteiger partial charge < -0.3 is 10.2 Å². The van der Waals surface area contributed by atoms with Crippen molar-refractivity contribution in [2.75, 3.05) is 19.4 Å². The largest absolute Gasteiger partial charge is 0.382 e. The molecule has 1 aliphatic carbocycles. The molecule has 2 nitrogen and oxygen atoms in total. The van der Waals surface area contributed by atoms with E-state index in [2.05, 4.69) is 62.4 Å². The molecule has 1 aliphatic rings. The topological polar surface area (TPSA) is 15.3 Å². The highest BCUT2D eigenvalue weighted by atomic mass is 15.1. The summed E-state index contributed by atoms with van der Waals surface area (Å²) in [7, 11) is 4.26. The van der Waals surface area contributed by atoms with Gasteiger partial charge in [0.1, 0.15) is 0 Å². The van der Waals surface area contributed by atoms with E-state index in [1.807, 2.05) is 0 Å². The molecule has 1 fully saturated rings. The predicted molar refractivity (Wildman–Crippen MR) is 88.0 cm³/mol. The van der Waals surface area contributed by atoms with Crippen molar-refractivity contribution in [2.24, 2.45) is 11.8 Å². The molecule has 0 amide bonds. The van der Waals surface area contributed by atoms with Gasteiger partial charge in [-0.3, -0.25) is 0 Å². The summed E-state index contributed by atoms with van der Waals surface area (Å²) in [6, 6.07) is 9.41. The summed E-state index contributed by atoms with van der Waals surface area (Å²) in [5.41, 5.74) is 2.73. The summed E-state index contributed by atoms with van der Waals surface area (Å²) in [6.45, 7) is 5.74. The van der Waals surface area contributed by atoms with Crippen LogP contribution in [-0.4, -0.2) is 25.0 Å². The van der Waals surface area contributed by atoms with Gasteiger partial charge in [0, 0.05) is 18.3 Å². The van der Waals surface area contributed by atoms with E-state index < -0.39 is 0 Å². The van der Waals surface area contributed by atoms with E-state index in [1.54, 1.807) is 0 Å². The first kappa shape index (κ1) is 15.4. The summed E-state index contributed by atoms with van der Waals surface area (Å²) in [4.78, 5) is 2.23. The fraction of sp³-hybridized carbons (Fsp3) is 0.667. The third-order valence-corrected chi connectivity index (χ3v) is 4.58. The number of nitrogens with one attached hydrogen (secondary N) is 1. The minimum atomic E-state index is 0.660. The van der Waals surface area contributed by atoms with Crippen molar-refractivity contribution in [1.82, 2.24) is 4.90 Å². The van der Waals surface area contributed by atoms with Gasteiger partial charge in [-0.1, -0.05) is 32.0 Å². The van der Waals surface area contributed by atoms with Crippen LogP contribution in [0.1, 0.15) is 45.1 Å². The fourth-order valence-corrected chi connectivity index (χ4v) is 3.29. The Balaban J connectivity index is 1.94. The molecule has 0 spiro atoms. The standard InChI is InChI=1S/C18H30N2/c1-14(2)15-9-11-17(12-10-15)19-18-8-6-5-7-16(18)13-20(3)4/h5-8,14-15,17,19H,9-13H2,1-4H3. The van der Waals surface area contributed by atoms with E-state index >= 15 is 0 Å². The quantitative estimate of drug-likeness (QED) is 0.857. The first-order valence-corrected chi connectivity index (χ1v) is 8.05. The highest BCUT2D eigenvalue weighted by Gasteiger charge is 2.23. The molecule has 20 heavy (non-hydrogen) atoms. The summed E-state index contributed by atoms with van der Waals surface area (Å²) >= 11 is 0. The molecule has 1 saturated carbocycles. The number of rotatable bonds is 5. The Morgan fingerprint density at radius 2 is 1.75 bits per heavy atom. The SMILES string of the molecule is CC(C)C1CCC(Nc2ccccc2CN(C)C)CC1. The van der Waals surface area contributed by atoms with Crippen LogP contribution in [0.2, 0.25) is 0 Å². The second-order valence-electron chi connectivity index (χ2n) is 6.89. The van der Waals surface area contributed by atoms with Crippen molar-refractivity contribution in [3.63, 3.8) is 0 Å². The number of benzene rings is 1. The monoisotopic (exact) mass is 274 g/mol. The molecular formula is C18H30N2. The molecule has 0 aromatic heterocycles. The van der Waals surface area contributed by atoms with Gasteiger partial charge in [-0.15, -0.1) is 0 Å². The second kappa shape index (κ2) is 7.12. The van der Waals surface area contributed by atoms with Crippen LogP contribution in [0.15, 0.2) is 24.3 Å². The van der Waals surface area contributed by atoms with Crippen LogP contribution in [0, 0.1) is 11.8 Å². The first-order chi connectivity index (χ1) is 9.56. The molecule has 1 aromatic rings. The third kappa shape index (κ3) is 4.24. The molecule has 1 aromatic carbocycles. The Morgan fingerprint density at radius 3 is 2.35 bits per heavy atom. The van der Waals surface area contributed by atoms with E-state index in [1.165, 1.54) is 36.9 Å². The van der Waals surface area contributed by atoms with Crippen LogP contribution < -0.4 is 5.32 Å². The van der Waals surface area contributed by atoms with Gasteiger partial charge in [-0.05, 0) is 63.2 Å². The van der Waals surface area contributed by atoms with Gasteiger partial charge >= 0.3 is 0 Å². The average molecular weight is 274 g/mol. The summed E-state index contributed by atoms with van der Waals surface area (Å²) in [6.07, 6.45) is 5.40. The highest BCUT2D eigenvalue weighted by Crippen LogP contribution is 2.31. The molecule has 0 radical (unpaired) electrons. The summed E-state index contributed by atoms with van der Waals surface area (Å²) in [5.74, 6) is 1.78. The van der Waals surface area contributed by atoms with Crippen LogP contribution in [0.3, 0.4) is 0 Å². The Kier molecular flexibility index (Phi) is 5.47. The van der Waals surface area contributed by atoms with Crippen molar-refractivity contribution in [3.05, 3.63) is 29.8 Å². The zero-order valence-corrected chi connectivity index (χ0v) is 13.5. The Bertz CT molecular complexity index is 404. The lowest BCUT2D eigenvalue weighted by molar-refractivity contribution is 0.267. The van der Waals surface area contributed by atoms with Crippen LogP contribution in [0.4, 0.5) is 5.69 Å². The third-order valence-electron chi connectivity index (χ3n) is 4.58. The molecule has 0 heterocycles. The zero-order chi connectivity index (χ0) is 14.5. The van der Waals surface area contributed by atoms with Gasteiger partial charge in [0.05, 0.1) is 0 Å². The number of hydrogen-bond donors (Lipinski definition) is 1. The van der Waals surface area contributed by atoms with E-state index in [0.717, 1.165) is 18.4 Å². The molecular weight excluding hydrogens is 244 g/mol. The van der Waals surface area contributed by atoms with E-state index in [9.17, 15) is 0 Å². The van der Waals surface area contributed by atoms with Gasteiger partial charge in [-0.2, -0.15) is 0 Å². The second-order valence-corrected chi connectivity index (χ2v) is 6.89. The molecule has 0 atom stereocenters. The van der Waals surface area contributed by atoms with Crippen LogP contribution in [0.5, 0.6) is 0 Å². The Hall–Kier alpha value is -1.02. The molecule has 0 unspecified atom stereocenters. The van der Waals surface area contributed by atoms with Crippen LogP contribution >= 0.6 is 0 Å². The Morgan fingerprint density at radius 1 is 1.10 bits per heavy atom. The lowest BCUT2D eigenvalue weighted by Gasteiger charge is -2.32. The lowest BCUT2D eigenvalue weighted by Crippen LogP contribution is -2.28. The molecule has 2 heteroatoms. The van der Waals surface area contributed by atoms with Crippen molar-refractivity contribution in [2.45, 2.75) is 52.1 Å². The molecule has 0 aliphatic heterocycles. The minimum Gasteiger partial charge on any atom is -0.382 e. The molecule has 2 rings (SSSR count). The predicted octanol–water partition coefficient (Wildman–Crippen LogP) is 4.37. The zero-order valence-electron chi connectivity index (χ0n) is 13.5. The maximum absolute atomic E-state index is 3.79. The Labute approximate surface area is 124 Å². The molecule has 0 bridgehead atoms. The summed E-state index contributed by atoms with van der Waals surface area (Å²) in [5, 5.41) is 3.79. The van der Waals surface area contributed by atoms with E-state index in [-0.39, 0.29) is 0 Å². The summed E-state index contributed by atoms with van der Waals surface area (Å²) < 4.78 is 0. The van der Waals surface area contributed by atoms with Gasteiger partial charge in [0.25, 0.3) is 0 Å². The van der Waals surface area contributed by atoms with Crippen LogP contribution in [0.25, 0.3) is 0 Å². The van der Waals surface area contributed by atoms with E-state index in [0.29, 0.717) is 6.04 Å².